The van der Waals surface area contributed by atoms with E-state index in [1.807, 2.05) is 0 Å². The van der Waals surface area contributed by atoms with Crippen molar-refractivity contribution < 1.29 is 14.7 Å². The second-order valence-electron chi connectivity index (χ2n) is 4.24. The Labute approximate surface area is 121 Å². The number of carbonyl (C=O) groups excluding carboxylic acids is 1. The van der Waals surface area contributed by atoms with Crippen LogP contribution in [0.15, 0.2) is 48.5 Å². The number of carboxylic acid groups (broad SMARTS) is 1. The Morgan fingerprint density at radius 2 is 1.85 bits per heavy atom. The minimum atomic E-state index is -1.03. The van der Waals surface area contributed by atoms with E-state index in [2.05, 4.69) is 5.32 Å². The highest BCUT2D eigenvalue weighted by Crippen LogP contribution is 2.14. The van der Waals surface area contributed by atoms with Gasteiger partial charge in [0.1, 0.15) is 0 Å². The van der Waals surface area contributed by atoms with Gasteiger partial charge in [-0.05, 0) is 35.9 Å². The van der Waals surface area contributed by atoms with Gasteiger partial charge in [0, 0.05) is 10.7 Å². The molecule has 0 aliphatic heterocycles. The molecule has 102 valence electrons. The van der Waals surface area contributed by atoms with E-state index in [0.717, 1.165) is 5.56 Å². The van der Waals surface area contributed by atoms with Crippen LogP contribution in [0.2, 0.25) is 5.02 Å². The van der Waals surface area contributed by atoms with Gasteiger partial charge < -0.3 is 10.4 Å². The van der Waals surface area contributed by atoms with E-state index in [1.54, 1.807) is 36.4 Å². The number of anilines is 1. The molecule has 0 saturated carbocycles. The maximum Gasteiger partial charge on any atom is 0.335 e. The van der Waals surface area contributed by atoms with Gasteiger partial charge >= 0.3 is 5.97 Å². The van der Waals surface area contributed by atoms with E-state index in [9.17, 15) is 9.59 Å². The summed E-state index contributed by atoms with van der Waals surface area (Å²) in [4.78, 5) is 22.7. The molecule has 0 saturated heterocycles. The number of nitrogens with one attached hydrogen (secondary N) is 1. The highest BCUT2D eigenvalue weighted by atomic mass is 35.5. The molecule has 0 aromatic heterocycles. The fraction of sp³-hybridized carbons (Fsp3) is 0.0667. The normalized spacial score (nSPS) is 10.1. The summed E-state index contributed by atoms with van der Waals surface area (Å²) in [6.07, 6.45) is 0.178. The van der Waals surface area contributed by atoms with Crippen LogP contribution < -0.4 is 5.32 Å². The number of rotatable bonds is 4. The zero-order valence-corrected chi connectivity index (χ0v) is 11.2. The molecule has 0 bridgehead atoms. The third-order valence-electron chi connectivity index (χ3n) is 2.65. The van der Waals surface area contributed by atoms with E-state index >= 15 is 0 Å². The van der Waals surface area contributed by atoms with E-state index < -0.39 is 5.97 Å². The summed E-state index contributed by atoms with van der Waals surface area (Å²) in [5.41, 5.74) is 1.38. The van der Waals surface area contributed by atoms with Crippen LogP contribution in [0, 0.1) is 0 Å². The summed E-state index contributed by atoms with van der Waals surface area (Å²) in [5.74, 6) is -1.26. The zero-order valence-electron chi connectivity index (χ0n) is 10.5. The first-order chi connectivity index (χ1) is 9.54. The average Bonchev–Trinajstić information content (AvgIpc) is 2.38. The van der Waals surface area contributed by atoms with Crippen molar-refractivity contribution in [1.82, 2.24) is 0 Å². The molecule has 4 nitrogen and oxygen atoms in total. The van der Waals surface area contributed by atoms with Crippen LogP contribution in [-0.4, -0.2) is 17.0 Å². The van der Waals surface area contributed by atoms with Gasteiger partial charge in [-0.1, -0.05) is 29.8 Å². The smallest absolute Gasteiger partial charge is 0.335 e. The van der Waals surface area contributed by atoms with Crippen molar-refractivity contribution in [1.29, 1.82) is 0 Å². The number of carbonyl (C=O) groups is 2. The maximum absolute atomic E-state index is 11.9. The summed E-state index contributed by atoms with van der Waals surface area (Å²) in [7, 11) is 0. The molecular weight excluding hydrogens is 278 g/mol. The van der Waals surface area contributed by atoms with Gasteiger partial charge in [-0.3, -0.25) is 4.79 Å². The summed E-state index contributed by atoms with van der Waals surface area (Å²) in [6, 6.07) is 13.1. The molecule has 2 aromatic rings. The number of carboxylic acids is 1. The van der Waals surface area contributed by atoms with E-state index in [0.29, 0.717) is 10.7 Å². The van der Waals surface area contributed by atoms with Crippen LogP contribution in [0.5, 0.6) is 0 Å². The second kappa shape index (κ2) is 6.21. The van der Waals surface area contributed by atoms with Crippen molar-refractivity contribution in [2.24, 2.45) is 0 Å². The Kier molecular flexibility index (Phi) is 4.38. The first-order valence-corrected chi connectivity index (χ1v) is 6.30. The molecule has 0 atom stereocenters. The molecule has 0 spiro atoms. The first-order valence-electron chi connectivity index (χ1n) is 5.92. The van der Waals surface area contributed by atoms with Gasteiger partial charge in [0.2, 0.25) is 5.91 Å². The van der Waals surface area contributed by atoms with Gasteiger partial charge in [0.25, 0.3) is 0 Å². The van der Waals surface area contributed by atoms with Crippen LogP contribution in [0.4, 0.5) is 5.69 Å². The Hall–Kier alpha value is -2.33. The van der Waals surface area contributed by atoms with E-state index in [1.165, 1.54) is 12.1 Å². The molecule has 0 fully saturated rings. The Morgan fingerprint density at radius 3 is 2.55 bits per heavy atom. The number of aromatic carboxylic acids is 1. The van der Waals surface area contributed by atoms with Gasteiger partial charge in [-0.25, -0.2) is 4.79 Å². The van der Waals surface area contributed by atoms with Crippen molar-refractivity contribution in [3.63, 3.8) is 0 Å². The fourth-order valence-corrected chi connectivity index (χ4v) is 1.98. The lowest BCUT2D eigenvalue weighted by Crippen LogP contribution is -2.14. The van der Waals surface area contributed by atoms with E-state index in [4.69, 9.17) is 16.7 Å². The van der Waals surface area contributed by atoms with Crippen molar-refractivity contribution in [3.8, 4) is 0 Å². The topological polar surface area (TPSA) is 66.4 Å². The van der Waals surface area contributed by atoms with Crippen molar-refractivity contribution in [2.75, 3.05) is 5.32 Å². The minimum Gasteiger partial charge on any atom is -0.478 e. The number of halogens is 1. The lowest BCUT2D eigenvalue weighted by atomic mass is 10.1. The monoisotopic (exact) mass is 289 g/mol. The lowest BCUT2D eigenvalue weighted by molar-refractivity contribution is -0.115. The van der Waals surface area contributed by atoms with Crippen LogP contribution in [0.25, 0.3) is 0 Å². The van der Waals surface area contributed by atoms with Gasteiger partial charge in [-0.15, -0.1) is 0 Å². The standard InChI is InChI=1S/C15H12ClNO3/c16-12-5-1-3-10(7-12)8-14(18)17-13-6-2-4-11(9-13)15(19)20/h1-7,9H,8H2,(H,17,18)(H,19,20). The van der Waals surface area contributed by atoms with Crippen molar-refractivity contribution in [2.45, 2.75) is 6.42 Å². The first kappa shape index (κ1) is 14.1. The van der Waals surface area contributed by atoms with Crippen molar-refractivity contribution in [3.05, 3.63) is 64.7 Å². The third kappa shape index (κ3) is 3.83. The molecule has 20 heavy (non-hydrogen) atoms. The van der Waals surface area contributed by atoms with Crippen LogP contribution in [0.1, 0.15) is 15.9 Å². The molecule has 2 rings (SSSR count). The minimum absolute atomic E-state index is 0.130. The Bertz CT molecular complexity index is 655. The van der Waals surface area contributed by atoms with E-state index in [-0.39, 0.29) is 17.9 Å². The van der Waals surface area contributed by atoms with Crippen LogP contribution >= 0.6 is 11.6 Å². The fourth-order valence-electron chi connectivity index (χ4n) is 1.77. The third-order valence-corrected chi connectivity index (χ3v) is 2.88. The van der Waals surface area contributed by atoms with Crippen LogP contribution in [-0.2, 0) is 11.2 Å². The predicted octanol–water partition coefficient (Wildman–Crippen LogP) is 3.22. The molecule has 0 heterocycles. The Balaban J connectivity index is 2.04. The Morgan fingerprint density at radius 1 is 1.10 bits per heavy atom. The summed E-state index contributed by atoms with van der Waals surface area (Å²) < 4.78 is 0. The molecule has 0 aliphatic carbocycles. The summed E-state index contributed by atoms with van der Waals surface area (Å²) >= 11 is 5.85. The molecule has 0 radical (unpaired) electrons. The summed E-state index contributed by atoms with van der Waals surface area (Å²) in [5, 5.41) is 12.1. The molecule has 0 aliphatic rings. The number of hydrogen-bond acceptors (Lipinski definition) is 2. The number of hydrogen-bond donors (Lipinski definition) is 2. The number of benzene rings is 2. The molecule has 0 unspecified atom stereocenters. The van der Waals surface area contributed by atoms with Gasteiger partial charge in [0.15, 0.2) is 0 Å². The molecule has 2 N–H and O–H groups in total. The molecule has 1 amide bonds. The van der Waals surface area contributed by atoms with Crippen LogP contribution in [0.3, 0.4) is 0 Å². The highest BCUT2D eigenvalue weighted by Gasteiger charge is 2.07. The molecule has 2 aromatic carbocycles. The lowest BCUT2D eigenvalue weighted by Gasteiger charge is -2.06. The maximum atomic E-state index is 11.9. The predicted molar refractivity (Wildman–Crippen MR) is 77.2 cm³/mol. The van der Waals surface area contributed by atoms with Crippen molar-refractivity contribution >= 4 is 29.2 Å². The number of amides is 1. The second-order valence-corrected chi connectivity index (χ2v) is 4.68. The zero-order chi connectivity index (χ0) is 14.5. The average molecular weight is 290 g/mol. The largest absolute Gasteiger partial charge is 0.478 e. The SMILES string of the molecule is O=C(Cc1cccc(Cl)c1)Nc1cccc(C(=O)O)c1. The quantitative estimate of drug-likeness (QED) is 0.908. The molecular formula is C15H12ClNO3. The highest BCUT2D eigenvalue weighted by molar-refractivity contribution is 6.30. The summed E-state index contributed by atoms with van der Waals surface area (Å²) in [6.45, 7) is 0. The van der Waals surface area contributed by atoms with Gasteiger partial charge in [0.05, 0.1) is 12.0 Å². The molecule has 5 heteroatoms. The van der Waals surface area contributed by atoms with Gasteiger partial charge in [-0.2, -0.15) is 0 Å².